The molecule has 0 aliphatic carbocycles. The van der Waals surface area contributed by atoms with Gasteiger partial charge in [0.25, 0.3) is 5.56 Å². The maximum atomic E-state index is 11.2. The van der Waals surface area contributed by atoms with Crippen molar-refractivity contribution in [3.63, 3.8) is 0 Å². The van der Waals surface area contributed by atoms with Crippen molar-refractivity contribution in [2.45, 2.75) is 31.6 Å². The Hall–Kier alpha value is -1.34. The summed E-state index contributed by atoms with van der Waals surface area (Å²) in [6.07, 6.45) is 1.66. The lowest BCUT2D eigenvalue weighted by Gasteiger charge is -2.22. The quantitative estimate of drug-likeness (QED) is 0.589. The molecule has 0 unspecified atom stereocenters. The number of aliphatic carboxylic acids is 1. The minimum Gasteiger partial charge on any atom is -0.481 e. The Morgan fingerprint density at radius 1 is 1.58 bits per heavy atom. The van der Waals surface area contributed by atoms with E-state index in [1.54, 1.807) is 6.20 Å². The highest BCUT2D eigenvalue weighted by Gasteiger charge is 2.08. The summed E-state index contributed by atoms with van der Waals surface area (Å²) in [5.41, 5.74) is -0.346. The Bertz CT molecular complexity index is 487. The first-order valence-electron chi connectivity index (χ1n) is 6.02. The summed E-state index contributed by atoms with van der Waals surface area (Å²) in [7, 11) is 2.02. The lowest BCUT2D eigenvalue weighted by atomic mass is 10.3. The monoisotopic (exact) mass is 285 g/mol. The van der Waals surface area contributed by atoms with E-state index >= 15 is 0 Å². The molecule has 0 amide bonds. The van der Waals surface area contributed by atoms with Gasteiger partial charge in [-0.15, -0.1) is 0 Å². The van der Waals surface area contributed by atoms with Crippen molar-refractivity contribution in [3.8, 4) is 0 Å². The van der Waals surface area contributed by atoms with E-state index in [-0.39, 0.29) is 11.3 Å². The van der Waals surface area contributed by atoms with E-state index in [0.717, 1.165) is 18.3 Å². The second kappa shape index (κ2) is 7.30. The van der Waals surface area contributed by atoms with Gasteiger partial charge in [-0.3, -0.25) is 9.59 Å². The number of thioether (sulfide) groups is 1. The number of likely N-dealkylation sites (N-methyl/N-ethyl adjacent to an activating group) is 1. The van der Waals surface area contributed by atoms with Crippen molar-refractivity contribution in [3.05, 3.63) is 22.6 Å². The Balaban J connectivity index is 2.75. The number of carbonyl (C=O) groups is 1. The van der Waals surface area contributed by atoms with Gasteiger partial charge in [-0.1, -0.05) is 11.8 Å². The standard InChI is InChI=1S/C12H19N3O3S/c1-9(2)14(3)6-7-15-5-4-10(16)13-12(15)19-8-11(17)18/h4-5,9H,6-8H2,1-3H3,(H,17,18). The smallest absolute Gasteiger partial charge is 0.313 e. The summed E-state index contributed by atoms with van der Waals surface area (Å²) in [5.74, 6) is -1.02. The zero-order valence-electron chi connectivity index (χ0n) is 11.4. The van der Waals surface area contributed by atoms with Gasteiger partial charge in [0.05, 0.1) is 5.75 Å². The summed E-state index contributed by atoms with van der Waals surface area (Å²) < 4.78 is 1.81. The average molecular weight is 285 g/mol. The van der Waals surface area contributed by atoms with Gasteiger partial charge < -0.3 is 14.6 Å². The number of hydrogen-bond donors (Lipinski definition) is 1. The van der Waals surface area contributed by atoms with Gasteiger partial charge in [0.1, 0.15) is 0 Å². The Kier molecular flexibility index (Phi) is 6.04. The van der Waals surface area contributed by atoms with Gasteiger partial charge >= 0.3 is 5.97 Å². The van der Waals surface area contributed by atoms with E-state index in [4.69, 9.17) is 5.11 Å². The molecule has 1 heterocycles. The van der Waals surface area contributed by atoms with Gasteiger partial charge in [-0.05, 0) is 20.9 Å². The molecule has 0 bridgehead atoms. The number of nitrogens with zero attached hydrogens (tertiary/aromatic N) is 3. The summed E-state index contributed by atoms with van der Waals surface area (Å²) >= 11 is 1.06. The van der Waals surface area contributed by atoms with Crippen LogP contribution in [0.25, 0.3) is 0 Å². The van der Waals surface area contributed by atoms with Crippen molar-refractivity contribution in [1.82, 2.24) is 14.5 Å². The van der Waals surface area contributed by atoms with Crippen LogP contribution in [0.4, 0.5) is 0 Å². The van der Waals surface area contributed by atoms with E-state index in [1.807, 2.05) is 11.6 Å². The van der Waals surface area contributed by atoms with Crippen molar-refractivity contribution in [1.29, 1.82) is 0 Å². The molecule has 106 valence electrons. The normalized spacial score (nSPS) is 11.2. The Morgan fingerprint density at radius 3 is 2.84 bits per heavy atom. The average Bonchev–Trinajstić information content (AvgIpc) is 2.34. The predicted molar refractivity (Wildman–Crippen MR) is 74.6 cm³/mol. The van der Waals surface area contributed by atoms with E-state index in [0.29, 0.717) is 17.7 Å². The molecule has 0 saturated heterocycles. The summed E-state index contributed by atoms with van der Waals surface area (Å²) in [4.78, 5) is 27.8. The van der Waals surface area contributed by atoms with Crippen molar-refractivity contribution >= 4 is 17.7 Å². The van der Waals surface area contributed by atoms with E-state index in [9.17, 15) is 9.59 Å². The van der Waals surface area contributed by atoms with Crippen LogP contribution in [0.15, 0.2) is 22.2 Å². The minimum atomic E-state index is -0.922. The molecule has 1 rings (SSSR count). The fourth-order valence-electron chi connectivity index (χ4n) is 1.35. The number of carboxylic acids is 1. The van der Waals surface area contributed by atoms with Crippen LogP contribution in [-0.4, -0.2) is 50.9 Å². The second-order valence-corrected chi connectivity index (χ2v) is 5.44. The molecule has 6 nitrogen and oxygen atoms in total. The van der Waals surface area contributed by atoms with Crippen molar-refractivity contribution in [2.24, 2.45) is 0 Å². The third-order valence-electron chi connectivity index (χ3n) is 2.75. The highest BCUT2D eigenvalue weighted by molar-refractivity contribution is 7.99. The van der Waals surface area contributed by atoms with Gasteiger partial charge in [0.2, 0.25) is 0 Å². The predicted octanol–water partition coefficient (Wildman–Crippen LogP) is 0.760. The molecule has 0 aliphatic rings. The molecule has 0 radical (unpaired) electrons. The van der Waals surface area contributed by atoms with Crippen LogP contribution in [0, 0.1) is 0 Å². The van der Waals surface area contributed by atoms with Crippen LogP contribution in [0.3, 0.4) is 0 Å². The fraction of sp³-hybridized carbons (Fsp3) is 0.583. The summed E-state index contributed by atoms with van der Waals surface area (Å²) in [5, 5.41) is 9.13. The molecule has 0 spiro atoms. The molecule has 1 aromatic rings. The molecule has 19 heavy (non-hydrogen) atoms. The zero-order chi connectivity index (χ0) is 14.4. The summed E-state index contributed by atoms with van der Waals surface area (Å²) in [6, 6.07) is 1.82. The van der Waals surface area contributed by atoms with Gasteiger partial charge in [-0.2, -0.15) is 4.98 Å². The van der Waals surface area contributed by atoms with E-state index < -0.39 is 5.97 Å². The second-order valence-electron chi connectivity index (χ2n) is 4.50. The lowest BCUT2D eigenvalue weighted by Crippen LogP contribution is -2.30. The highest BCUT2D eigenvalue weighted by Crippen LogP contribution is 2.13. The Morgan fingerprint density at radius 2 is 2.26 bits per heavy atom. The van der Waals surface area contributed by atoms with Crippen LogP contribution in [0.2, 0.25) is 0 Å². The van der Waals surface area contributed by atoms with Crippen LogP contribution < -0.4 is 5.56 Å². The van der Waals surface area contributed by atoms with E-state index in [1.165, 1.54) is 6.07 Å². The number of rotatable bonds is 7. The maximum absolute atomic E-state index is 11.2. The number of hydrogen-bond acceptors (Lipinski definition) is 5. The molecule has 1 aromatic heterocycles. The largest absolute Gasteiger partial charge is 0.481 e. The SMILES string of the molecule is CC(C)N(C)CCn1ccc(=O)nc1SCC(=O)O. The maximum Gasteiger partial charge on any atom is 0.313 e. The molecule has 7 heteroatoms. The van der Waals surface area contributed by atoms with Crippen molar-refractivity contribution in [2.75, 3.05) is 19.3 Å². The minimum absolute atomic E-state index is 0.101. The van der Waals surface area contributed by atoms with Crippen molar-refractivity contribution < 1.29 is 9.90 Å². The molecule has 0 aliphatic heterocycles. The first kappa shape index (κ1) is 15.7. The molecular weight excluding hydrogens is 266 g/mol. The first-order chi connectivity index (χ1) is 8.90. The molecular formula is C12H19N3O3S. The fourth-order valence-corrected chi connectivity index (χ4v) is 2.07. The first-order valence-corrected chi connectivity index (χ1v) is 7.01. The topological polar surface area (TPSA) is 75.4 Å². The highest BCUT2D eigenvalue weighted by atomic mass is 32.2. The molecule has 1 N–H and O–H groups in total. The molecule has 0 aromatic carbocycles. The molecule has 0 fully saturated rings. The zero-order valence-corrected chi connectivity index (χ0v) is 12.2. The molecule has 0 atom stereocenters. The lowest BCUT2D eigenvalue weighted by molar-refractivity contribution is -0.133. The summed E-state index contributed by atoms with van der Waals surface area (Å²) in [6.45, 7) is 5.68. The van der Waals surface area contributed by atoms with Crippen LogP contribution in [-0.2, 0) is 11.3 Å². The van der Waals surface area contributed by atoms with E-state index in [2.05, 4.69) is 23.7 Å². The van der Waals surface area contributed by atoms with Gasteiger partial charge in [-0.25, -0.2) is 0 Å². The van der Waals surface area contributed by atoms with Crippen LogP contribution in [0.5, 0.6) is 0 Å². The third-order valence-corrected chi connectivity index (χ3v) is 3.72. The van der Waals surface area contributed by atoms with Crippen LogP contribution >= 0.6 is 11.8 Å². The third kappa shape index (κ3) is 5.44. The van der Waals surface area contributed by atoms with Crippen LogP contribution in [0.1, 0.15) is 13.8 Å². The Labute approximate surface area is 116 Å². The van der Waals surface area contributed by atoms with Gasteiger partial charge in [0, 0.05) is 31.4 Å². The molecule has 0 saturated carbocycles. The number of aromatic nitrogens is 2. The number of carboxylic acid groups (broad SMARTS) is 1. The van der Waals surface area contributed by atoms with Gasteiger partial charge in [0.15, 0.2) is 5.16 Å².